The Kier molecular flexibility index (Phi) is 6.86. The lowest BCUT2D eigenvalue weighted by atomic mass is 9.87. The fourth-order valence-corrected chi connectivity index (χ4v) is 5.98. The number of carbonyl (C=O) groups excluding carboxylic acids is 1. The average Bonchev–Trinajstić information content (AvgIpc) is 3.55. The Balaban J connectivity index is 0.00000353. The van der Waals surface area contributed by atoms with Crippen LogP contribution in [-0.2, 0) is 26.7 Å². The van der Waals surface area contributed by atoms with E-state index >= 15 is 0 Å². The highest BCUT2D eigenvalue weighted by Crippen LogP contribution is 2.51. The van der Waals surface area contributed by atoms with Gasteiger partial charge in [0.1, 0.15) is 5.78 Å². The maximum atomic E-state index is 13.5. The van der Waals surface area contributed by atoms with Gasteiger partial charge in [-0.25, -0.2) is 13.1 Å². The van der Waals surface area contributed by atoms with E-state index in [-0.39, 0.29) is 24.3 Å². The molecule has 1 fully saturated rings. The Labute approximate surface area is 226 Å². The number of rotatable bonds is 9. The van der Waals surface area contributed by atoms with Crippen molar-refractivity contribution >= 4 is 15.8 Å². The minimum atomic E-state index is -3.57. The van der Waals surface area contributed by atoms with E-state index in [0.29, 0.717) is 18.7 Å². The van der Waals surface area contributed by atoms with Crippen LogP contribution in [0, 0.1) is 12.3 Å². The Morgan fingerprint density at radius 1 is 0.974 bits per heavy atom. The fourth-order valence-electron chi connectivity index (χ4n) is 4.95. The Morgan fingerprint density at radius 3 is 2.37 bits per heavy atom. The van der Waals surface area contributed by atoms with E-state index in [1.165, 1.54) is 0 Å². The molecule has 0 atom stereocenters. The van der Waals surface area contributed by atoms with E-state index in [0.717, 1.165) is 52.8 Å². The first-order chi connectivity index (χ1) is 18.0. The minimum absolute atomic E-state index is 0. The molecule has 0 radical (unpaired) electrons. The molecular weight excluding hydrogens is 498 g/mol. The summed E-state index contributed by atoms with van der Waals surface area (Å²) in [6, 6.07) is 18.8. The standard InChI is InChI=1S/C31H35NO5S.H2/c1-21-5-6-22(18-29(33)31(13-14-31)24-9-12-27-28(19-24)37-20-36-27)17-26(21)23-7-10-25(11-8-23)38(34,35)32-16-15-30(2,3)4;/h5-12,17,19,32H,13-16,18,20H2,1-4H3;1H. The van der Waals surface area contributed by atoms with E-state index in [4.69, 9.17) is 9.47 Å². The van der Waals surface area contributed by atoms with Crippen LogP contribution in [0.4, 0.5) is 0 Å². The van der Waals surface area contributed by atoms with Gasteiger partial charge in [0.15, 0.2) is 11.5 Å². The molecule has 1 heterocycles. The zero-order chi connectivity index (χ0) is 27.1. The molecule has 1 saturated carbocycles. The molecule has 0 spiro atoms. The third-order valence-corrected chi connectivity index (χ3v) is 9.00. The van der Waals surface area contributed by atoms with Crippen LogP contribution in [0.15, 0.2) is 65.6 Å². The smallest absolute Gasteiger partial charge is 0.240 e. The van der Waals surface area contributed by atoms with Gasteiger partial charge in [-0.1, -0.05) is 57.2 Å². The maximum Gasteiger partial charge on any atom is 0.240 e. The van der Waals surface area contributed by atoms with Crippen molar-refractivity contribution < 1.29 is 24.1 Å². The second-order valence-electron chi connectivity index (χ2n) is 11.6. The summed E-state index contributed by atoms with van der Waals surface area (Å²) in [6.45, 7) is 8.89. The van der Waals surface area contributed by atoms with Crippen molar-refractivity contribution in [2.75, 3.05) is 13.3 Å². The maximum absolute atomic E-state index is 13.5. The van der Waals surface area contributed by atoms with Gasteiger partial charge in [-0.05, 0) is 83.7 Å². The molecule has 1 aliphatic carbocycles. The van der Waals surface area contributed by atoms with Crippen LogP contribution >= 0.6 is 0 Å². The molecule has 0 saturated heterocycles. The van der Waals surface area contributed by atoms with Gasteiger partial charge in [0, 0.05) is 14.4 Å². The summed E-state index contributed by atoms with van der Waals surface area (Å²) in [5.41, 5.74) is 4.52. The first-order valence-electron chi connectivity index (χ1n) is 13.1. The molecule has 0 unspecified atom stereocenters. The van der Waals surface area contributed by atoms with E-state index in [9.17, 15) is 13.2 Å². The molecule has 202 valence electrons. The van der Waals surface area contributed by atoms with Crippen molar-refractivity contribution in [3.63, 3.8) is 0 Å². The highest BCUT2D eigenvalue weighted by atomic mass is 32.2. The van der Waals surface area contributed by atoms with Gasteiger partial charge in [-0.15, -0.1) is 0 Å². The molecule has 7 heteroatoms. The molecule has 1 aliphatic heterocycles. The summed E-state index contributed by atoms with van der Waals surface area (Å²) >= 11 is 0. The molecule has 3 aromatic carbocycles. The van der Waals surface area contributed by atoms with Crippen LogP contribution in [0.2, 0.25) is 0 Å². The van der Waals surface area contributed by atoms with E-state index in [1.54, 1.807) is 12.1 Å². The molecule has 1 N–H and O–H groups in total. The number of sulfonamides is 1. The van der Waals surface area contributed by atoms with E-state index in [2.05, 4.69) is 25.5 Å². The molecule has 0 aromatic heterocycles. The van der Waals surface area contributed by atoms with Gasteiger partial charge in [0.2, 0.25) is 16.8 Å². The van der Waals surface area contributed by atoms with Gasteiger partial charge in [-0.3, -0.25) is 4.79 Å². The normalized spacial score (nSPS) is 15.9. The SMILES string of the molecule is Cc1ccc(CC(=O)C2(c3ccc4c(c3)OCO4)CC2)cc1-c1ccc(S(=O)(=O)NCCC(C)(C)C)cc1.[HH]. The molecule has 2 aliphatic rings. The van der Waals surface area contributed by atoms with Crippen LogP contribution in [0.25, 0.3) is 11.1 Å². The van der Waals surface area contributed by atoms with Crippen molar-refractivity contribution in [1.82, 2.24) is 4.72 Å². The molecule has 38 heavy (non-hydrogen) atoms. The van der Waals surface area contributed by atoms with Crippen LogP contribution < -0.4 is 14.2 Å². The second kappa shape index (κ2) is 9.86. The highest BCUT2D eigenvalue weighted by molar-refractivity contribution is 7.89. The summed E-state index contributed by atoms with van der Waals surface area (Å²) < 4.78 is 39.1. The number of carbonyl (C=O) groups is 1. The van der Waals surface area contributed by atoms with Crippen LogP contribution in [0.1, 0.15) is 58.2 Å². The highest BCUT2D eigenvalue weighted by Gasteiger charge is 2.50. The van der Waals surface area contributed by atoms with E-state index < -0.39 is 15.4 Å². The van der Waals surface area contributed by atoms with Crippen molar-refractivity contribution in [2.24, 2.45) is 5.41 Å². The number of ketones is 1. The molecule has 0 bridgehead atoms. The number of hydrogen-bond donors (Lipinski definition) is 1. The molecular formula is C31H37NO5S. The summed E-state index contributed by atoms with van der Waals surface area (Å²) in [4.78, 5) is 13.7. The van der Waals surface area contributed by atoms with Crippen molar-refractivity contribution in [3.05, 3.63) is 77.4 Å². The summed E-state index contributed by atoms with van der Waals surface area (Å²) in [5, 5.41) is 0. The molecule has 5 rings (SSSR count). The van der Waals surface area contributed by atoms with Crippen molar-refractivity contribution in [2.45, 2.75) is 63.7 Å². The van der Waals surface area contributed by atoms with Gasteiger partial charge in [0.05, 0.1) is 10.3 Å². The van der Waals surface area contributed by atoms with E-state index in [1.807, 2.05) is 55.5 Å². The van der Waals surface area contributed by atoms with Gasteiger partial charge < -0.3 is 9.47 Å². The Morgan fingerprint density at radius 2 is 1.68 bits per heavy atom. The van der Waals surface area contributed by atoms with Crippen molar-refractivity contribution in [3.8, 4) is 22.6 Å². The quantitative estimate of drug-likeness (QED) is 0.353. The number of Topliss-reactive ketones (excluding diaryl/α,β-unsaturated/α-hetero) is 1. The number of nitrogens with one attached hydrogen (secondary N) is 1. The van der Waals surface area contributed by atoms with Crippen LogP contribution in [0.5, 0.6) is 11.5 Å². The fraction of sp³-hybridized carbons (Fsp3) is 0.387. The number of ether oxygens (including phenoxy) is 2. The lowest BCUT2D eigenvalue weighted by Gasteiger charge is -2.18. The van der Waals surface area contributed by atoms with Gasteiger partial charge >= 0.3 is 0 Å². The first kappa shape index (κ1) is 26.4. The minimum Gasteiger partial charge on any atom is -0.454 e. The molecule has 0 amide bonds. The summed E-state index contributed by atoms with van der Waals surface area (Å²) in [5.74, 6) is 1.63. The zero-order valence-electron chi connectivity index (χ0n) is 22.5. The van der Waals surface area contributed by atoms with Crippen LogP contribution in [-0.4, -0.2) is 27.5 Å². The van der Waals surface area contributed by atoms with Gasteiger partial charge in [-0.2, -0.15) is 0 Å². The topological polar surface area (TPSA) is 81.7 Å². The first-order valence-corrected chi connectivity index (χ1v) is 14.6. The largest absolute Gasteiger partial charge is 0.454 e. The second-order valence-corrected chi connectivity index (χ2v) is 13.4. The number of hydrogen-bond acceptors (Lipinski definition) is 5. The monoisotopic (exact) mass is 535 g/mol. The zero-order valence-corrected chi connectivity index (χ0v) is 23.3. The molecule has 6 nitrogen and oxygen atoms in total. The lowest BCUT2D eigenvalue weighted by molar-refractivity contribution is -0.120. The Bertz CT molecular complexity index is 1470. The summed E-state index contributed by atoms with van der Waals surface area (Å²) in [6.07, 6.45) is 2.77. The number of fused-ring (bicyclic) bond motifs is 1. The summed E-state index contributed by atoms with van der Waals surface area (Å²) in [7, 11) is -3.57. The Hall–Kier alpha value is -3.16. The predicted molar refractivity (Wildman–Crippen MR) is 150 cm³/mol. The number of aryl methyl sites for hydroxylation is 1. The average molecular weight is 536 g/mol. The predicted octanol–water partition coefficient (Wildman–Crippen LogP) is 6.19. The van der Waals surface area contributed by atoms with Crippen LogP contribution in [0.3, 0.4) is 0 Å². The van der Waals surface area contributed by atoms with Gasteiger partial charge in [0.25, 0.3) is 0 Å². The number of benzene rings is 3. The third kappa shape index (κ3) is 5.49. The van der Waals surface area contributed by atoms with Crippen molar-refractivity contribution in [1.29, 1.82) is 0 Å². The molecule has 3 aromatic rings. The lowest BCUT2D eigenvalue weighted by Crippen LogP contribution is -2.27. The third-order valence-electron chi connectivity index (χ3n) is 7.52.